The van der Waals surface area contributed by atoms with E-state index in [1.165, 1.54) is 0 Å². The van der Waals surface area contributed by atoms with Gasteiger partial charge in [-0.3, -0.25) is 0 Å². The third-order valence-electron chi connectivity index (χ3n) is 3.14. The van der Waals surface area contributed by atoms with Crippen molar-refractivity contribution in [2.24, 2.45) is 0 Å². The van der Waals surface area contributed by atoms with E-state index in [2.05, 4.69) is 34.4 Å². The Kier molecular flexibility index (Phi) is 4.79. The van der Waals surface area contributed by atoms with Crippen molar-refractivity contribution in [3.8, 4) is 0 Å². The molecule has 0 bridgehead atoms. The molecule has 106 valence electrons. The molecule has 1 aromatic heterocycles. The van der Waals surface area contributed by atoms with Crippen molar-refractivity contribution in [1.82, 2.24) is 9.97 Å². The molecule has 2 heterocycles. The molecule has 2 rings (SSSR count). The van der Waals surface area contributed by atoms with E-state index >= 15 is 0 Å². The molecular weight excluding hydrogens is 242 g/mol. The van der Waals surface area contributed by atoms with Gasteiger partial charge in [-0.15, -0.1) is 0 Å². The first-order chi connectivity index (χ1) is 9.17. The summed E-state index contributed by atoms with van der Waals surface area (Å²) < 4.78 is 5.54. The van der Waals surface area contributed by atoms with Crippen LogP contribution < -0.4 is 16.4 Å². The van der Waals surface area contributed by atoms with Crippen molar-refractivity contribution in [2.75, 3.05) is 29.5 Å². The predicted molar refractivity (Wildman–Crippen MR) is 77.3 cm³/mol. The highest BCUT2D eigenvalue weighted by Crippen LogP contribution is 2.19. The van der Waals surface area contributed by atoms with Gasteiger partial charge in [-0.25, -0.2) is 0 Å². The molecule has 1 aromatic rings. The maximum absolute atomic E-state index is 5.74. The van der Waals surface area contributed by atoms with Gasteiger partial charge < -0.3 is 21.1 Å². The Labute approximate surface area is 114 Å². The van der Waals surface area contributed by atoms with Crippen LogP contribution in [-0.4, -0.2) is 35.3 Å². The normalized spacial score (nSPS) is 23.1. The molecule has 0 saturated carbocycles. The van der Waals surface area contributed by atoms with E-state index in [1.54, 1.807) is 0 Å². The lowest BCUT2D eigenvalue weighted by Crippen LogP contribution is -2.32. The van der Waals surface area contributed by atoms with Crippen molar-refractivity contribution in [2.45, 2.75) is 45.3 Å². The van der Waals surface area contributed by atoms with E-state index in [9.17, 15) is 0 Å². The zero-order chi connectivity index (χ0) is 13.7. The van der Waals surface area contributed by atoms with Crippen LogP contribution in [0.25, 0.3) is 0 Å². The van der Waals surface area contributed by atoms with Gasteiger partial charge >= 0.3 is 0 Å². The molecule has 19 heavy (non-hydrogen) atoms. The zero-order valence-electron chi connectivity index (χ0n) is 11.6. The predicted octanol–water partition coefficient (Wildman–Crippen LogP) is 1.86. The molecule has 0 amide bonds. The Bertz CT molecular complexity index is 412. The van der Waals surface area contributed by atoms with E-state index in [1.807, 2.05) is 6.07 Å². The summed E-state index contributed by atoms with van der Waals surface area (Å²) in [5.74, 6) is 1.85. The molecule has 2 atom stereocenters. The van der Waals surface area contributed by atoms with Gasteiger partial charge in [0.25, 0.3) is 0 Å². The maximum atomic E-state index is 5.74. The molecule has 1 aliphatic heterocycles. The fourth-order valence-corrected chi connectivity index (χ4v) is 2.22. The van der Waals surface area contributed by atoms with Crippen molar-refractivity contribution < 1.29 is 4.74 Å². The second kappa shape index (κ2) is 6.56. The van der Waals surface area contributed by atoms with Gasteiger partial charge in [0.05, 0.1) is 6.10 Å². The zero-order valence-corrected chi connectivity index (χ0v) is 11.6. The molecule has 0 spiro atoms. The van der Waals surface area contributed by atoms with E-state index < -0.39 is 0 Å². The monoisotopic (exact) mass is 265 g/mol. The van der Waals surface area contributed by atoms with E-state index in [-0.39, 0.29) is 0 Å². The number of nitrogens with one attached hydrogen (secondary N) is 2. The molecular formula is C13H23N5O. The van der Waals surface area contributed by atoms with Gasteiger partial charge in [0.2, 0.25) is 5.95 Å². The van der Waals surface area contributed by atoms with Gasteiger partial charge in [0.15, 0.2) is 0 Å². The second-order valence-corrected chi connectivity index (χ2v) is 4.97. The summed E-state index contributed by atoms with van der Waals surface area (Å²) in [5.41, 5.74) is 5.74. The Balaban J connectivity index is 2.00. The van der Waals surface area contributed by atoms with E-state index in [4.69, 9.17) is 10.5 Å². The lowest BCUT2D eigenvalue weighted by Gasteiger charge is -2.28. The van der Waals surface area contributed by atoms with Crippen molar-refractivity contribution >= 4 is 17.6 Å². The number of aromatic nitrogens is 2. The lowest BCUT2D eigenvalue weighted by atomic mass is 10.0. The fourth-order valence-electron chi connectivity index (χ4n) is 2.22. The first kappa shape index (κ1) is 13.9. The van der Waals surface area contributed by atoms with Crippen LogP contribution in [0.1, 0.15) is 33.1 Å². The summed E-state index contributed by atoms with van der Waals surface area (Å²) in [7, 11) is 0. The maximum Gasteiger partial charge on any atom is 0.223 e. The highest BCUT2D eigenvalue weighted by molar-refractivity contribution is 5.51. The number of nitrogens with two attached hydrogens (primary N) is 1. The summed E-state index contributed by atoms with van der Waals surface area (Å²) in [6, 6.07) is 2.30. The van der Waals surface area contributed by atoms with Crippen molar-refractivity contribution in [1.29, 1.82) is 0 Å². The van der Waals surface area contributed by atoms with Gasteiger partial charge in [-0.05, 0) is 26.2 Å². The minimum absolute atomic E-state index is 0.295. The Morgan fingerprint density at radius 1 is 1.42 bits per heavy atom. The highest BCUT2D eigenvalue weighted by atomic mass is 16.5. The standard InChI is InChI=1S/C13H23N5O/c1-3-5-15-11-8-12(18-13(14)17-11)16-10-4-6-19-9(2)7-10/h8-10H,3-7H2,1-2H3,(H4,14,15,16,17,18). The Morgan fingerprint density at radius 3 is 2.95 bits per heavy atom. The molecule has 1 aliphatic rings. The number of nitrogens with zero attached hydrogens (tertiary/aromatic N) is 2. The SMILES string of the molecule is CCCNc1cc(NC2CCOC(C)C2)nc(N)n1. The molecule has 4 N–H and O–H groups in total. The third kappa shape index (κ3) is 4.24. The van der Waals surface area contributed by atoms with E-state index in [0.717, 1.165) is 44.0 Å². The Morgan fingerprint density at radius 2 is 2.21 bits per heavy atom. The number of hydrogen-bond donors (Lipinski definition) is 3. The Hall–Kier alpha value is -1.56. The van der Waals surface area contributed by atoms with Crippen LogP contribution in [-0.2, 0) is 4.74 Å². The van der Waals surface area contributed by atoms with Crippen LogP contribution in [0, 0.1) is 0 Å². The van der Waals surface area contributed by atoms with Crippen LogP contribution in [0.5, 0.6) is 0 Å². The highest BCUT2D eigenvalue weighted by Gasteiger charge is 2.19. The third-order valence-corrected chi connectivity index (χ3v) is 3.14. The van der Waals surface area contributed by atoms with Crippen LogP contribution >= 0.6 is 0 Å². The second-order valence-electron chi connectivity index (χ2n) is 4.97. The average Bonchev–Trinajstić information content (AvgIpc) is 2.35. The summed E-state index contributed by atoms with van der Waals surface area (Å²) >= 11 is 0. The minimum Gasteiger partial charge on any atom is -0.378 e. The van der Waals surface area contributed by atoms with Crippen molar-refractivity contribution in [3.63, 3.8) is 0 Å². The molecule has 0 aliphatic carbocycles. The quantitative estimate of drug-likeness (QED) is 0.753. The number of rotatable bonds is 5. The summed E-state index contributed by atoms with van der Waals surface area (Å²) in [5, 5.41) is 6.64. The molecule has 0 aromatic carbocycles. The van der Waals surface area contributed by atoms with Gasteiger partial charge in [0.1, 0.15) is 11.6 Å². The van der Waals surface area contributed by atoms with Crippen molar-refractivity contribution in [3.05, 3.63) is 6.07 Å². The van der Waals surface area contributed by atoms with Crippen LogP contribution in [0.15, 0.2) is 6.07 Å². The minimum atomic E-state index is 0.295. The molecule has 1 saturated heterocycles. The molecule has 6 heteroatoms. The van der Waals surface area contributed by atoms with E-state index in [0.29, 0.717) is 18.1 Å². The largest absolute Gasteiger partial charge is 0.378 e. The number of nitrogen functional groups attached to an aromatic ring is 1. The fraction of sp³-hybridized carbons (Fsp3) is 0.692. The topological polar surface area (TPSA) is 85.1 Å². The first-order valence-corrected chi connectivity index (χ1v) is 6.94. The number of anilines is 3. The molecule has 0 radical (unpaired) electrons. The van der Waals surface area contributed by atoms with Gasteiger partial charge in [-0.2, -0.15) is 9.97 Å². The smallest absolute Gasteiger partial charge is 0.223 e. The van der Waals surface area contributed by atoms with Crippen LogP contribution in [0.2, 0.25) is 0 Å². The molecule has 2 unspecified atom stereocenters. The number of hydrogen-bond acceptors (Lipinski definition) is 6. The van der Waals surface area contributed by atoms with Crippen LogP contribution in [0.3, 0.4) is 0 Å². The summed E-state index contributed by atoms with van der Waals surface area (Å²) in [6.07, 6.45) is 3.32. The lowest BCUT2D eigenvalue weighted by molar-refractivity contribution is 0.0232. The molecule has 6 nitrogen and oxygen atoms in total. The first-order valence-electron chi connectivity index (χ1n) is 6.94. The van der Waals surface area contributed by atoms with Crippen LogP contribution in [0.4, 0.5) is 17.6 Å². The molecule has 1 fully saturated rings. The average molecular weight is 265 g/mol. The van der Waals surface area contributed by atoms with Gasteiger partial charge in [0, 0.05) is 25.3 Å². The number of ether oxygens (including phenoxy) is 1. The summed E-state index contributed by atoms with van der Waals surface area (Å²) in [6.45, 7) is 5.88. The van der Waals surface area contributed by atoms with Gasteiger partial charge in [-0.1, -0.05) is 6.92 Å². The summed E-state index contributed by atoms with van der Waals surface area (Å²) in [4.78, 5) is 8.41.